The monoisotopic (exact) mass is 342 g/mol. The second-order valence-electron chi connectivity index (χ2n) is 5.63. The number of hydrogen-bond acceptors (Lipinski definition) is 2. The molecule has 2 amide bonds. The molecule has 1 aromatic heterocycles. The number of primary amides is 1. The van der Waals surface area contributed by atoms with Crippen LogP contribution in [0.2, 0.25) is 10.0 Å². The predicted octanol–water partition coefficient (Wildman–Crippen LogP) is 5.57. The molecule has 1 heterocycles. The Morgan fingerprint density at radius 3 is 2.38 bits per heavy atom. The third kappa shape index (κ3) is 3.34. The summed E-state index contributed by atoms with van der Waals surface area (Å²) in [6.07, 6.45) is 0. The number of thiophene rings is 1. The standard InChI is InChI=1S/C15H16Cl2N2OS/c1-15(2,3)11-7-8-12(21-11)19(14(18)20)10-6-4-5-9(16)13(10)17/h4-8H,1-3H3,(H2,18,20). The van der Waals surface area contributed by atoms with Crippen LogP contribution in [0.5, 0.6) is 0 Å². The summed E-state index contributed by atoms with van der Waals surface area (Å²) in [5, 5.41) is 1.41. The first-order chi connectivity index (χ1) is 9.71. The van der Waals surface area contributed by atoms with Gasteiger partial charge in [-0.25, -0.2) is 4.79 Å². The van der Waals surface area contributed by atoms with E-state index in [0.717, 1.165) is 9.88 Å². The summed E-state index contributed by atoms with van der Waals surface area (Å²) in [6, 6.07) is 8.39. The van der Waals surface area contributed by atoms with Crippen LogP contribution in [0.3, 0.4) is 0 Å². The average Bonchev–Trinajstić information content (AvgIpc) is 2.83. The molecule has 0 saturated heterocycles. The second kappa shape index (κ2) is 5.87. The van der Waals surface area contributed by atoms with Crippen molar-refractivity contribution < 1.29 is 4.79 Å². The van der Waals surface area contributed by atoms with Crippen LogP contribution in [0.25, 0.3) is 0 Å². The third-order valence-electron chi connectivity index (χ3n) is 2.94. The van der Waals surface area contributed by atoms with E-state index in [0.29, 0.717) is 15.7 Å². The van der Waals surface area contributed by atoms with E-state index in [1.807, 2.05) is 12.1 Å². The number of urea groups is 1. The van der Waals surface area contributed by atoms with Crippen LogP contribution in [-0.2, 0) is 5.41 Å². The summed E-state index contributed by atoms with van der Waals surface area (Å²) in [5.74, 6) is 0. The van der Waals surface area contributed by atoms with Gasteiger partial charge in [-0.15, -0.1) is 11.3 Å². The smallest absolute Gasteiger partial charge is 0.324 e. The predicted molar refractivity (Wildman–Crippen MR) is 91.2 cm³/mol. The number of amides is 2. The summed E-state index contributed by atoms with van der Waals surface area (Å²) >= 11 is 13.7. The van der Waals surface area contributed by atoms with E-state index >= 15 is 0 Å². The molecule has 0 saturated carbocycles. The van der Waals surface area contributed by atoms with E-state index in [-0.39, 0.29) is 5.41 Å². The fraction of sp³-hybridized carbons (Fsp3) is 0.267. The van der Waals surface area contributed by atoms with Crippen LogP contribution in [-0.4, -0.2) is 6.03 Å². The van der Waals surface area contributed by atoms with Crippen molar-refractivity contribution in [3.8, 4) is 0 Å². The zero-order valence-electron chi connectivity index (χ0n) is 12.0. The third-order valence-corrected chi connectivity index (χ3v) is 5.25. The van der Waals surface area contributed by atoms with Crippen molar-refractivity contribution in [2.75, 3.05) is 4.90 Å². The molecular weight excluding hydrogens is 327 g/mol. The number of hydrogen-bond donors (Lipinski definition) is 1. The van der Waals surface area contributed by atoms with Crippen LogP contribution < -0.4 is 10.6 Å². The molecule has 0 spiro atoms. The number of carbonyl (C=O) groups is 1. The number of rotatable bonds is 2. The Hall–Kier alpha value is -1.23. The molecule has 2 aromatic rings. The first-order valence-electron chi connectivity index (χ1n) is 6.35. The van der Waals surface area contributed by atoms with Gasteiger partial charge in [-0.05, 0) is 29.7 Å². The van der Waals surface area contributed by atoms with E-state index in [4.69, 9.17) is 28.9 Å². The molecule has 0 aliphatic heterocycles. The molecule has 21 heavy (non-hydrogen) atoms. The molecule has 0 atom stereocenters. The van der Waals surface area contributed by atoms with Gasteiger partial charge in [0.05, 0.1) is 15.7 Å². The molecule has 0 aliphatic carbocycles. The van der Waals surface area contributed by atoms with Crippen LogP contribution in [0.15, 0.2) is 30.3 Å². The van der Waals surface area contributed by atoms with Crippen molar-refractivity contribution in [1.29, 1.82) is 0 Å². The highest BCUT2D eigenvalue weighted by molar-refractivity contribution is 7.16. The van der Waals surface area contributed by atoms with E-state index in [2.05, 4.69) is 20.8 Å². The molecule has 0 bridgehead atoms. The minimum Gasteiger partial charge on any atom is -0.351 e. The van der Waals surface area contributed by atoms with Gasteiger partial charge in [-0.3, -0.25) is 4.90 Å². The molecule has 0 radical (unpaired) electrons. The number of halogens is 2. The minimum atomic E-state index is -0.596. The Morgan fingerprint density at radius 2 is 1.86 bits per heavy atom. The molecule has 0 aliphatic rings. The lowest BCUT2D eigenvalue weighted by Gasteiger charge is -2.21. The maximum Gasteiger partial charge on any atom is 0.324 e. The number of benzene rings is 1. The van der Waals surface area contributed by atoms with Gasteiger partial charge in [0.15, 0.2) is 0 Å². The van der Waals surface area contributed by atoms with Crippen molar-refractivity contribution in [2.24, 2.45) is 5.73 Å². The molecule has 2 N–H and O–H groups in total. The number of carbonyl (C=O) groups excluding carboxylic acids is 1. The zero-order valence-corrected chi connectivity index (χ0v) is 14.3. The number of nitrogens with two attached hydrogens (primary N) is 1. The summed E-state index contributed by atoms with van der Waals surface area (Å²) in [7, 11) is 0. The molecule has 112 valence electrons. The molecule has 2 rings (SSSR count). The number of nitrogens with zero attached hydrogens (tertiary/aromatic N) is 1. The Labute approximate surface area is 138 Å². The van der Waals surface area contributed by atoms with Crippen LogP contribution in [0.1, 0.15) is 25.6 Å². The highest BCUT2D eigenvalue weighted by Crippen LogP contribution is 2.41. The van der Waals surface area contributed by atoms with E-state index in [1.54, 1.807) is 18.2 Å². The Balaban J connectivity index is 2.52. The Morgan fingerprint density at radius 1 is 1.19 bits per heavy atom. The highest BCUT2D eigenvalue weighted by Gasteiger charge is 2.23. The van der Waals surface area contributed by atoms with Gasteiger partial charge >= 0.3 is 6.03 Å². The summed E-state index contributed by atoms with van der Waals surface area (Å²) in [5.41, 5.74) is 6.02. The van der Waals surface area contributed by atoms with Crippen molar-refractivity contribution in [3.05, 3.63) is 45.3 Å². The van der Waals surface area contributed by atoms with Gasteiger partial charge in [-0.2, -0.15) is 0 Å². The topological polar surface area (TPSA) is 46.3 Å². The highest BCUT2D eigenvalue weighted by atomic mass is 35.5. The van der Waals surface area contributed by atoms with Gasteiger partial charge in [0.2, 0.25) is 0 Å². The minimum absolute atomic E-state index is 0.00433. The quantitative estimate of drug-likeness (QED) is 0.761. The summed E-state index contributed by atoms with van der Waals surface area (Å²) in [6.45, 7) is 6.34. The van der Waals surface area contributed by atoms with Gasteiger partial charge in [0.1, 0.15) is 5.00 Å². The number of anilines is 2. The summed E-state index contributed by atoms with van der Waals surface area (Å²) in [4.78, 5) is 14.4. The second-order valence-corrected chi connectivity index (χ2v) is 7.48. The molecule has 6 heteroatoms. The van der Waals surface area contributed by atoms with Gasteiger partial charge in [0.25, 0.3) is 0 Å². The normalized spacial score (nSPS) is 11.5. The molecule has 1 aromatic carbocycles. The van der Waals surface area contributed by atoms with Gasteiger partial charge in [0, 0.05) is 4.88 Å². The largest absolute Gasteiger partial charge is 0.351 e. The van der Waals surface area contributed by atoms with E-state index < -0.39 is 6.03 Å². The zero-order chi connectivity index (χ0) is 15.8. The average molecular weight is 343 g/mol. The fourth-order valence-electron chi connectivity index (χ4n) is 1.86. The lowest BCUT2D eigenvalue weighted by molar-refractivity contribution is 0.256. The van der Waals surface area contributed by atoms with Crippen LogP contribution >= 0.6 is 34.5 Å². The van der Waals surface area contributed by atoms with Crippen LogP contribution in [0, 0.1) is 0 Å². The lowest BCUT2D eigenvalue weighted by Crippen LogP contribution is -2.31. The maximum absolute atomic E-state index is 11.9. The molecule has 0 fully saturated rings. The summed E-state index contributed by atoms with van der Waals surface area (Å²) < 4.78 is 0. The molecule has 0 unspecified atom stereocenters. The lowest BCUT2D eigenvalue weighted by atomic mass is 9.95. The van der Waals surface area contributed by atoms with Gasteiger partial charge in [-0.1, -0.05) is 50.0 Å². The SMILES string of the molecule is CC(C)(C)c1ccc(N(C(N)=O)c2cccc(Cl)c2Cl)s1. The van der Waals surface area contributed by atoms with Gasteiger partial charge < -0.3 is 5.73 Å². The first kappa shape index (κ1) is 16.1. The van der Waals surface area contributed by atoms with Crippen molar-refractivity contribution >= 4 is 51.3 Å². The maximum atomic E-state index is 11.9. The Kier molecular flexibility index (Phi) is 4.51. The molecule has 3 nitrogen and oxygen atoms in total. The Bertz CT molecular complexity index is 677. The van der Waals surface area contributed by atoms with E-state index in [9.17, 15) is 4.79 Å². The van der Waals surface area contributed by atoms with E-state index in [1.165, 1.54) is 16.2 Å². The van der Waals surface area contributed by atoms with Crippen molar-refractivity contribution in [1.82, 2.24) is 0 Å². The van der Waals surface area contributed by atoms with Crippen molar-refractivity contribution in [2.45, 2.75) is 26.2 Å². The first-order valence-corrected chi connectivity index (χ1v) is 7.93. The fourth-order valence-corrected chi connectivity index (χ4v) is 3.33. The van der Waals surface area contributed by atoms with Crippen molar-refractivity contribution in [3.63, 3.8) is 0 Å². The molecular formula is C15H16Cl2N2OS. The van der Waals surface area contributed by atoms with Crippen LogP contribution in [0.4, 0.5) is 15.5 Å².